The van der Waals surface area contributed by atoms with Crippen molar-refractivity contribution in [1.82, 2.24) is 4.98 Å². The zero-order chi connectivity index (χ0) is 17.2. The number of nitrogens with one attached hydrogen (secondary N) is 1. The van der Waals surface area contributed by atoms with Crippen LogP contribution in [0.1, 0.15) is 4.88 Å². The molecule has 0 fully saturated rings. The van der Waals surface area contributed by atoms with E-state index in [9.17, 15) is 8.42 Å². The Morgan fingerprint density at radius 1 is 1.04 bits per heavy atom. The molecule has 3 aromatic rings. The molecular weight excluding hydrogens is 344 g/mol. The minimum atomic E-state index is -3.68. The summed E-state index contributed by atoms with van der Waals surface area (Å²) in [7, 11) is -2.15. The molecule has 0 bridgehead atoms. The Morgan fingerprint density at radius 3 is 2.33 bits per heavy atom. The van der Waals surface area contributed by atoms with Gasteiger partial charge < -0.3 is 4.74 Å². The van der Waals surface area contributed by atoms with Gasteiger partial charge in [-0.15, -0.1) is 11.3 Å². The number of hydrogen-bond acceptors (Lipinski definition) is 5. The third-order valence-electron chi connectivity index (χ3n) is 3.44. The van der Waals surface area contributed by atoms with E-state index in [1.165, 1.54) is 30.6 Å². The first-order valence-electron chi connectivity index (χ1n) is 7.19. The van der Waals surface area contributed by atoms with Gasteiger partial charge in [-0.25, -0.2) is 13.4 Å². The van der Waals surface area contributed by atoms with E-state index < -0.39 is 10.0 Å². The summed E-state index contributed by atoms with van der Waals surface area (Å²) < 4.78 is 32.5. The fraction of sp³-hybridized carbons (Fsp3) is 0.118. The van der Waals surface area contributed by atoms with E-state index in [0.29, 0.717) is 10.9 Å². The Balaban J connectivity index is 1.88. The minimum absolute atomic E-state index is 0.164. The SMILES string of the molecule is COc1ccc(S(=O)(=O)Nc2nc(-c3ccccc3)c(C)s2)cc1. The van der Waals surface area contributed by atoms with Crippen LogP contribution >= 0.6 is 11.3 Å². The summed E-state index contributed by atoms with van der Waals surface area (Å²) in [6.07, 6.45) is 0. The molecule has 3 rings (SSSR count). The maximum Gasteiger partial charge on any atom is 0.263 e. The van der Waals surface area contributed by atoms with Crippen LogP contribution in [0.25, 0.3) is 11.3 Å². The first-order valence-corrected chi connectivity index (χ1v) is 9.49. The van der Waals surface area contributed by atoms with E-state index in [-0.39, 0.29) is 4.90 Å². The predicted octanol–water partition coefficient (Wildman–Crippen LogP) is 3.93. The molecule has 2 aromatic carbocycles. The van der Waals surface area contributed by atoms with Gasteiger partial charge in [0.1, 0.15) is 5.75 Å². The lowest BCUT2D eigenvalue weighted by Gasteiger charge is -2.06. The smallest absolute Gasteiger partial charge is 0.263 e. The van der Waals surface area contributed by atoms with E-state index in [4.69, 9.17) is 4.74 Å². The largest absolute Gasteiger partial charge is 0.497 e. The molecule has 0 spiro atoms. The Hall–Kier alpha value is -2.38. The number of sulfonamides is 1. The second kappa shape index (κ2) is 6.62. The van der Waals surface area contributed by atoms with Gasteiger partial charge in [-0.1, -0.05) is 30.3 Å². The molecule has 7 heteroatoms. The van der Waals surface area contributed by atoms with Crippen LogP contribution in [0.2, 0.25) is 0 Å². The standard InChI is InChI=1S/C17H16N2O3S2/c1-12-16(13-6-4-3-5-7-13)18-17(23-12)19-24(20,21)15-10-8-14(22-2)9-11-15/h3-11H,1-2H3,(H,18,19). The lowest BCUT2D eigenvalue weighted by molar-refractivity contribution is 0.414. The number of aromatic nitrogens is 1. The normalized spacial score (nSPS) is 11.2. The number of ether oxygens (including phenoxy) is 1. The molecule has 0 unspecified atom stereocenters. The molecule has 0 saturated heterocycles. The highest BCUT2D eigenvalue weighted by atomic mass is 32.2. The second-order valence-corrected chi connectivity index (χ2v) is 7.96. The molecule has 0 amide bonds. The molecule has 1 heterocycles. The minimum Gasteiger partial charge on any atom is -0.497 e. The van der Waals surface area contributed by atoms with Crippen molar-refractivity contribution in [3.05, 3.63) is 59.5 Å². The molecule has 1 N–H and O–H groups in total. The summed E-state index contributed by atoms with van der Waals surface area (Å²) in [5, 5.41) is 0.349. The molecular formula is C17H16N2O3S2. The van der Waals surface area contributed by atoms with Crippen LogP contribution in [0.4, 0.5) is 5.13 Å². The quantitative estimate of drug-likeness (QED) is 0.748. The van der Waals surface area contributed by atoms with E-state index in [1.807, 2.05) is 37.3 Å². The van der Waals surface area contributed by atoms with Crippen molar-refractivity contribution < 1.29 is 13.2 Å². The zero-order valence-electron chi connectivity index (χ0n) is 13.2. The fourth-order valence-corrected chi connectivity index (χ4v) is 4.30. The summed E-state index contributed by atoms with van der Waals surface area (Å²) >= 11 is 1.31. The molecule has 5 nitrogen and oxygen atoms in total. The van der Waals surface area contributed by atoms with Crippen molar-refractivity contribution in [2.45, 2.75) is 11.8 Å². The summed E-state index contributed by atoms with van der Waals surface area (Å²) in [5.41, 5.74) is 1.74. The van der Waals surface area contributed by atoms with Crippen LogP contribution in [-0.2, 0) is 10.0 Å². The summed E-state index contributed by atoms with van der Waals surface area (Å²) in [5.74, 6) is 0.602. The summed E-state index contributed by atoms with van der Waals surface area (Å²) in [6, 6.07) is 15.9. The van der Waals surface area contributed by atoms with Gasteiger partial charge in [0, 0.05) is 10.4 Å². The van der Waals surface area contributed by atoms with Gasteiger partial charge in [0.15, 0.2) is 5.13 Å². The molecule has 0 aliphatic carbocycles. The van der Waals surface area contributed by atoms with Crippen LogP contribution in [-0.4, -0.2) is 20.5 Å². The summed E-state index contributed by atoms with van der Waals surface area (Å²) in [4.78, 5) is 5.54. The zero-order valence-corrected chi connectivity index (χ0v) is 14.8. The summed E-state index contributed by atoms with van der Waals surface area (Å²) in [6.45, 7) is 1.92. The highest BCUT2D eigenvalue weighted by molar-refractivity contribution is 7.93. The van der Waals surface area contributed by atoms with Gasteiger partial charge in [-0.3, -0.25) is 4.72 Å². The Labute approximate surface area is 145 Å². The lowest BCUT2D eigenvalue weighted by Crippen LogP contribution is -2.12. The molecule has 0 atom stereocenters. The predicted molar refractivity (Wildman–Crippen MR) is 96.1 cm³/mol. The first kappa shape index (κ1) is 16.5. The van der Waals surface area contributed by atoms with E-state index in [0.717, 1.165) is 16.1 Å². The van der Waals surface area contributed by atoms with Gasteiger partial charge in [0.25, 0.3) is 10.0 Å². The Bertz CT molecular complexity index is 934. The van der Waals surface area contributed by atoms with Crippen molar-refractivity contribution in [3.63, 3.8) is 0 Å². The van der Waals surface area contributed by atoms with Crippen molar-refractivity contribution >= 4 is 26.5 Å². The Morgan fingerprint density at radius 2 is 1.71 bits per heavy atom. The number of aryl methyl sites for hydroxylation is 1. The van der Waals surface area contributed by atoms with Crippen LogP contribution in [0.5, 0.6) is 5.75 Å². The van der Waals surface area contributed by atoms with Crippen molar-refractivity contribution in [3.8, 4) is 17.0 Å². The van der Waals surface area contributed by atoms with Gasteiger partial charge in [-0.05, 0) is 31.2 Å². The third-order valence-corrected chi connectivity index (χ3v) is 5.81. The van der Waals surface area contributed by atoms with E-state index in [1.54, 1.807) is 12.1 Å². The van der Waals surface area contributed by atoms with Crippen molar-refractivity contribution in [1.29, 1.82) is 0 Å². The maximum absolute atomic E-state index is 12.5. The van der Waals surface area contributed by atoms with Crippen molar-refractivity contribution in [2.75, 3.05) is 11.8 Å². The molecule has 1 aromatic heterocycles. The molecule has 0 saturated carbocycles. The monoisotopic (exact) mass is 360 g/mol. The molecule has 124 valence electrons. The number of methoxy groups -OCH3 is 1. The number of rotatable bonds is 5. The topological polar surface area (TPSA) is 68.3 Å². The van der Waals surface area contributed by atoms with Crippen LogP contribution in [0, 0.1) is 6.92 Å². The van der Waals surface area contributed by atoms with Gasteiger partial charge in [0.2, 0.25) is 0 Å². The van der Waals surface area contributed by atoms with Crippen LogP contribution in [0.3, 0.4) is 0 Å². The number of thiazole rings is 1. The Kier molecular flexibility index (Phi) is 4.55. The van der Waals surface area contributed by atoms with Gasteiger partial charge in [0.05, 0.1) is 17.7 Å². The number of anilines is 1. The third kappa shape index (κ3) is 3.42. The van der Waals surface area contributed by atoms with E-state index >= 15 is 0 Å². The molecule has 24 heavy (non-hydrogen) atoms. The molecule has 0 aliphatic heterocycles. The van der Waals surface area contributed by atoms with Crippen LogP contribution < -0.4 is 9.46 Å². The average molecular weight is 360 g/mol. The second-order valence-electron chi connectivity index (χ2n) is 5.07. The van der Waals surface area contributed by atoms with Crippen molar-refractivity contribution in [2.24, 2.45) is 0 Å². The first-order chi connectivity index (χ1) is 11.5. The average Bonchev–Trinajstić information content (AvgIpc) is 2.95. The van der Waals surface area contributed by atoms with Gasteiger partial charge >= 0.3 is 0 Å². The highest BCUT2D eigenvalue weighted by Crippen LogP contribution is 2.31. The molecule has 0 radical (unpaired) electrons. The maximum atomic E-state index is 12.5. The number of benzene rings is 2. The van der Waals surface area contributed by atoms with Crippen LogP contribution in [0.15, 0.2) is 59.5 Å². The van der Waals surface area contributed by atoms with Gasteiger partial charge in [-0.2, -0.15) is 0 Å². The lowest BCUT2D eigenvalue weighted by atomic mass is 10.1. The fourth-order valence-electron chi connectivity index (χ4n) is 2.23. The number of hydrogen-bond donors (Lipinski definition) is 1. The number of nitrogens with zero attached hydrogens (tertiary/aromatic N) is 1. The highest BCUT2D eigenvalue weighted by Gasteiger charge is 2.18. The molecule has 0 aliphatic rings. The van der Waals surface area contributed by atoms with E-state index in [2.05, 4.69) is 9.71 Å².